The number of benzene rings is 1. The van der Waals surface area contributed by atoms with E-state index in [0.29, 0.717) is 5.46 Å². The summed E-state index contributed by atoms with van der Waals surface area (Å²) in [6.45, 7) is 14.9. The molecule has 0 aliphatic heterocycles. The van der Waals surface area contributed by atoms with E-state index in [0.717, 1.165) is 5.19 Å². The van der Waals surface area contributed by atoms with E-state index in [1.54, 1.807) is 6.07 Å². The topological polar surface area (TPSA) is 58.9 Å². The van der Waals surface area contributed by atoms with Crippen molar-refractivity contribution in [2.24, 2.45) is 0 Å². The maximum Gasteiger partial charge on any atom is 0.488 e. The fraction of sp³-hybridized carbons (Fsp3) is 0.538. The van der Waals surface area contributed by atoms with Crippen molar-refractivity contribution in [2.45, 2.75) is 45.8 Å². The van der Waals surface area contributed by atoms with Crippen LogP contribution < -0.4 is 10.6 Å². The second kappa shape index (κ2) is 6.49. The molecule has 2 N–H and O–H groups in total. The normalized spacial score (nSPS) is 13.4. The molecule has 1 aromatic carbocycles. The Labute approximate surface area is 131 Å². The second-order valence-electron chi connectivity index (χ2n) is 7.23. The summed E-state index contributed by atoms with van der Waals surface area (Å²) in [6, 6.07) is 7.38. The van der Waals surface area contributed by atoms with Gasteiger partial charge in [0.05, 0.1) is 0 Å². The molecule has 0 aromatic heterocycles. The van der Waals surface area contributed by atoms with Gasteiger partial charge >= 0.3 is 15.7 Å². The fourth-order valence-corrected chi connectivity index (χ4v) is 15.3. The van der Waals surface area contributed by atoms with E-state index in [1.165, 1.54) is 0 Å². The summed E-state index contributed by atoms with van der Waals surface area (Å²) in [6.07, 6.45) is 0. The van der Waals surface area contributed by atoms with E-state index < -0.39 is 32.3 Å². The molecule has 1 rings (SSSR count). The Morgan fingerprint density at radius 2 is 1.48 bits per heavy atom. The Balaban J connectivity index is 2.97. The lowest BCUT2D eigenvalue weighted by molar-refractivity contribution is 0.398. The van der Waals surface area contributed by atoms with Crippen molar-refractivity contribution in [1.82, 2.24) is 0 Å². The van der Waals surface area contributed by atoms with Crippen molar-refractivity contribution in [3.8, 4) is 0 Å². The van der Waals surface area contributed by atoms with Gasteiger partial charge in [0.2, 0.25) is 8.32 Å². The van der Waals surface area contributed by atoms with E-state index in [4.69, 9.17) is 8.23 Å². The average Bonchev–Trinajstić information content (AvgIpc) is 2.24. The summed E-state index contributed by atoms with van der Waals surface area (Å²) in [4.78, 5) is 0. The molecule has 0 saturated heterocycles. The van der Waals surface area contributed by atoms with Crippen LogP contribution in [0, 0.1) is 0 Å². The summed E-state index contributed by atoms with van der Waals surface area (Å²) in [5, 5.41) is 19.7. The average molecular weight is 342 g/mol. The predicted octanol–water partition coefficient (Wildman–Crippen LogP) is 1.35. The van der Waals surface area contributed by atoms with Crippen LogP contribution in [0.5, 0.6) is 0 Å². The molecule has 118 valence electrons. The van der Waals surface area contributed by atoms with Crippen molar-refractivity contribution < 1.29 is 18.3 Å². The van der Waals surface area contributed by atoms with Gasteiger partial charge in [-0.25, -0.2) is 0 Å². The smallest absolute Gasteiger partial charge is 0.437 e. The maximum absolute atomic E-state index is 9.32. The molecule has 0 saturated carbocycles. The molecule has 0 aliphatic carbocycles. The van der Waals surface area contributed by atoms with Gasteiger partial charge in [0, 0.05) is 0 Å². The Morgan fingerprint density at radius 1 is 0.905 bits per heavy atom. The summed E-state index contributed by atoms with van der Waals surface area (Å²) >= 11 is 0. The quantitative estimate of drug-likeness (QED) is 0.766. The first-order valence-electron chi connectivity index (χ1n) is 7.19. The van der Waals surface area contributed by atoms with Crippen LogP contribution >= 0.6 is 0 Å². The molecule has 0 aliphatic rings. The van der Waals surface area contributed by atoms with Crippen LogP contribution in [0.15, 0.2) is 24.3 Å². The van der Waals surface area contributed by atoms with Crippen molar-refractivity contribution in [2.75, 3.05) is 0 Å². The lowest BCUT2D eigenvalue weighted by atomic mass is 9.80. The molecule has 8 heteroatoms. The molecule has 1 aromatic rings. The van der Waals surface area contributed by atoms with Gasteiger partial charge in [0.25, 0.3) is 0 Å². The highest BCUT2D eigenvalue weighted by atomic mass is 28.5. The zero-order valence-electron chi connectivity index (χ0n) is 14.1. The predicted molar refractivity (Wildman–Crippen MR) is 96.4 cm³/mol. The Kier molecular flexibility index (Phi) is 5.82. The summed E-state index contributed by atoms with van der Waals surface area (Å²) in [5.74, 6) is 0. The van der Waals surface area contributed by atoms with Gasteiger partial charge < -0.3 is 18.3 Å². The van der Waals surface area contributed by atoms with Gasteiger partial charge in [-0.1, -0.05) is 24.3 Å². The molecule has 0 heterocycles. The largest absolute Gasteiger partial charge is 0.488 e. The zero-order valence-corrected chi connectivity index (χ0v) is 17.1. The molecule has 0 amide bonds. The van der Waals surface area contributed by atoms with Gasteiger partial charge in [-0.15, -0.1) is 0 Å². The molecule has 0 bridgehead atoms. The van der Waals surface area contributed by atoms with Crippen molar-refractivity contribution in [3.05, 3.63) is 24.3 Å². The minimum atomic E-state index is -2.20. The first-order chi connectivity index (χ1) is 9.32. The van der Waals surface area contributed by atoms with Gasteiger partial charge in [0.15, 0.2) is 8.32 Å². The van der Waals surface area contributed by atoms with Gasteiger partial charge in [0.1, 0.15) is 0 Å². The minimum absolute atomic E-state index is 0.502. The molecule has 0 fully saturated rings. The molecule has 0 radical (unpaired) electrons. The molecule has 21 heavy (non-hydrogen) atoms. The minimum Gasteiger partial charge on any atom is -0.437 e. The van der Waals surface area contributed by atoms with Crippen molar-refractivity contribution in [1.29, 1.82) is 0 Å². The van der Waals surface area contributed by atoms with Gasteiger partial charge in [-0.3, -0.25) is 0 Å². The molecular formula is C13H27BO4Si3. The number of rotatable bonds is 6. The van der Waals surface area contributed by atoms with E-state index in [9.17, 15) is 10.0 Å². The lowest BCUT2D eigenvalue weighted by Gasteiger charge is -2.37. The standard InChI is InChI=1S/C13H27BO4Si3/c1-19(2,3)17-21(6,7)18-20(4,5)13-10-8-9-12(11-13)14(15)16/h8-11,15-16H,1-7H3. The molecular weight excluding hydrogens is 315 g/mol. The molecule has 0 atom stereocenters. The van der Waals surface area contributed by atoms with E-state index in [-0.39, 0.29) is 0 Å². The summed E-state index contributed by atoms with van der Waals surface area (Å²) in [7, 11) is -7.45. The van der Waals surface area contributed by atoms with Crippen LogP contribution in [0.2, 0.25) is 45.8 Å². The Bertz CT molecular complexity index is 487. The third kappa shape index (κ3) is 6.19. The molecule has 0 spiro atoms. The van der Waals surface area contributed by atoms with Crippen LogP contribution in [0.4, 0.5) is 0 Å². The van der Waals surface area contributed by atoms with Crippen LogP contribution in [-0.4, -0.2) is 42.4 Å². The third-order valence-electron chi connectivity index (χ3n) is 2.93. The zero-order chi connectivity index (χ0) is 16.5. The van der Waals surface area contributed by atoms with Gasteiger partial charge in [-0.05, 0) is 56.5 Å². The second-order valence-corrected chi connectivity index (χ2v) is 19.5. The highest BCUT2D eigenvalue weighted by molar-refractivity contribution is 6.93. The lowest BCUT2D eigenvalue weighted by Crippen LogP contribution is -2.57. The van der Waals surface area contributed by atoms with Crippen LogP contribution in [0.1, 0.15) is 0 Å². The van der Waals surface area contributed by atoms with E-state index >= 15 is 0 Å². The third-order valence-corrected chi connectivity index (χ3v) is 13.1. The summed E-state index contributed by atoms with van der Waals surface area (Å²) in [5.41, 5.74) is 0.502. The van der Waals surface area contributed by atoms with Crippen LogP contribution in [0.3, 0.4) is 0 Å². The first-order valence-corrected chi connectivity index (χ1v) is 16.3. The summed E-state index contributed by atoms with van der Waals surface area (Å²) < 4.78 is 12.7. The highest BCUT2D eigenvalue weighted by Crippen LogP contribution is 2.20. The van der Waals surface area contributed by atoms with Crippen LogP contribution in [-0.2, 0) is 8.23 Å². The molecule has 4 nitrogen and oxygen atoms in total. The maximum atomic E-state index is 9.32. The SMILES string of the molecule is C[Si](C)(C)O[Si](C)(C)O[Si](C)(C)c1cccc(B(O)O)c1. The first kappa shape index (κ1) is 18.8. The van der Waals surface area contributed by atoms with Crippen molar-refractivity contribution >= 4 is 43.0 Å². The number of hydrogen-bond donors (Lipinski definition) is 2. The Hall–Kier alpha value is -0.224. The number of hydrogen-bond acceptors (Lipinski definition) is 4. The highest BCUT2D eigenvalue weighted by Gasteiger charge is 2.39. The molecule has 0 unspecified atom stereocenters. The van der Waals surface area contributed by atoms with Crippen LogP contribution in [0.25, 0.3) is 0 Å². The fourth-order valence-electron chi connectivity index (χ4n) is 2.51. The van der Waals surface area contributed by atoms with E-state index in [1.807, 2.05) is 18.2 Å². The van der Waals surface area contributed by atoms with E-state index in [2.05, 4.69) is 45.8 Å². The van der Waals surface area contributed by atoms with Crippen molar-refractivity contribution in [3.63, 3.8) is 0 Å². The Morgan fingerprint density at radius 3 is 1.95 bits per heavy atom. The monoisotopic (exact) mass is 342 g/mol. The van der Waals surface area contributed by atoms with Gasteiger partial charge in [-0.2, -0.15) is 0 Å².